The van der Waals surface area contributed by atoms with Gasteiger partial charge in [0.1, 0.15) is 12.2 Å². The Morgan fingerprint density at radius 2 is 1.48 bits per heavy atom. The molecule has 4 aromatic carbocycles. The Morgan fingerprint density at radius 1 is 0.913 bits per heavy atom. The minimum absolute atomic E-state index is 0.0333. The average molecular weight is 656 g/mol. The molecule has 0 unspecified atom stereocenters. The average Bonchev–Trinajstić information content (AvgIpc) is 3.69. The van der Waals surface area contributed by atoms with Crippen molar-refractivity contribution in [2.75, 3.05) is 13.3 Å². The minimum atomic E-state index is -0.807. The fourth-order valence-corrected chi connectivity index (χ4v) is 7.95. The first-order chi connectivity index (χ1) is 22.3. The van der Waals surface area contributed by atoms with Crippen LogP contribution in [0.5, 0.6) is 0 Å². The van der Waals surface area contributed by atoms with Crippen LogP contribution in [0.25, 0.3) is 0 Å². The van der Waals surface area contributed by atoms with Crippen LogP contribution < -0.4 is 0 Å². The molecule has 0 bridgehead atoms. The number of benzene rings is 4. The van der Waals surface area contributed by atoms with E-state index in [-0.39, 0.29) is 24.0 Å². The number of aliphatic hydroxyl groups excluding tert-OH is 1. The van der Waals surface area contributed by atoms with Gasteiger partial charge in [-0.2, -0.15) is 0 Å². The summed E-state index contributed by atoms with van der Waals surface area (Å²) < 4.78 is 13.8. The number of carbonyl (C=O) groups is 1. The summed E-state index contributed by atoms with van der Waals surface area (Å²) in [5, 5.41) is 11.8. The van der Waals surface area contributed by atoms with Crippen LogP contribution in [0.4, 0.5) is 0 Å². The van der Waals surface area contributed by atoms with Gasteiger partial charge in [0.25, 0.3) is 0 Å². The molecule has 6 atom stereocenters. The predicted molar refractivity (Wildman–Crippen MR) is 185 cm³/mol. The van der Waals surface area contributed by atoms with Crippen molar-refractivity contribution in [2.24, 2.45) is 5.92 Å². The lowest BCUT2D eigenvalue weighted by Crippen LogP contribution is -2.42. The van der Waals surface area contributed by atoms with Crippen LogP contribution in [0, 0.1) is 5.92 Å². The fraction of sp³-hybridized carbons (Fsp3) is 0.359. The number of halogens is 1. The molecule has 1 N–H and O–H groups in total. The van der Waals surface area contributed by atoms with Gasteiger partial charge in [-0.1, -0.05) is 109 Å². The van der Waals surface area contributed by atoms with E-state index in [2.05, 4.69) is 24.3 Å². The highest BCUT2D eigenvalue weighted by atomic mass is 35.5. The molecular weight excluding hydrogens is 614 g/mol. The van der Waals surface area contributed by atoms with Gasteiger partial charge in [-0.05, 0) is 66.3 Å². The van der Waals surface area contributed by atoms with Gasteiger partial charge in [0, 0.05) is 24.8 Å². The molecule has 5 nitrogen and oxygen atoms in total. The number of likely N-dealkylation sites (N-methyl/N-ethyl adjacent to an activating group) is 1. The first-order valence-corrected chi connectivity index (χ1v) is 17.7. The number of ether oxygens (including phenoxy) is 2. The van der Waals surface area contributed by atoms with E-state index in [1.54, 1.807) is 23.7 Å². The molecule has 1 amide bonds. The highest BCUT2D eigenvalue weighted by molar-refractivity contribution is 7.98. The quantitative estimate of drug-likeness (QED) is 0.173. The van der Waals surface area contributed by atoms with Crippen molar-refractivity contribution in [2.45, 2.75) is 73.6 Å². The second-order valence-corrected chi connectivity index (χ2v) is 13.9. The van der Waals surface area contributed by atoms with Gasteiger partial charge in [0.15, 0.2) is 5.79 Å². The molecule has 4 aromatic rings. The summed E-state index contributed by atoms with van der Waals surface area (Å²) in [6, 6.07) is 35.7. The molecule has 0 aromatic heterocycles. The topological polar surface area (TPSA) is 59.0 Å². The molecule has 6 rings (SSSR count). The molecule has 7 heteroatoms. The SMILES string of the molecule is CSc1ccc([C@@H](C[C@H]2CCC3(C2)O[C@H](c2ccccc2)[C@@H](c2ccccc2)O3)C(=O)N(C)[C@H](C)[C@H](O)c2ccccc2)cc1Cl. The number of aliphatic hydroxyl groups is 1. The number of rotatable bonds is 10. The van der Waals surface area contributed by atoms with Gasteiger partial charge < -0.3 is 19.5 Å². The molecule has 1 spiro atoms. The van der Waals surface area contributed by atoms with Crippen molar-refractivity contribution in [1.29, 1.82) is 0 Å². The first-order valence-electron chi connectivity index (χ1n) is 16.1. The minimum Gasteiger partial charge on any atom is -0.386 e. The van der Waals surface area contributed by atoms with Gasteiger partial charge in [-0.15, -0.1) is 11.8 Å². The van der Waals surface area contributed by atoms with Crippen LogP contribution in [-0.2, 0) is 14.3 Å². The lowest BCUT2D eigenvalue weighted by Gasteiger charge is -2.33. The number of carbonyl (C=O) groups excluding carboxylic acids is 1. The molecule has 0 radical (unpaired) electrons. The number of hydrogen-bond acceptors (Lipinski definition) is 5. The van der Waals surface area contributed by atoms with Crippen LogP contribution in [0.2, 0.25) is 5.02 Å². The van der Waals surface area contributed by atoms with Crippen LogP contribution in [0.1, 0.15) is 79.1 Å². The Kier molecular flexibility index (Phi) is 10.2. The van der Waals surface area contributed by atoms with E-state index in [9.17, 15) is 9.90 Å². The monoisotopic (exact) mass is 655 g/mol. The molecule has 1 aliphatic heterocycles. The van der Waals surface area contributed by atoms with Crippen molar-refractivity contribution in [1.82, 2.24) is 4.90 Å². The summed E-state index contributed by atoms with van der Waals surface area (Å²) in [6.07, 6.45) is 3.73. The normalized spacial score (nSPS) is 22.4. The number of nitrogens with zero attached hydrogens (tertiary/aromatic N) is 1. The highest BCUT2D eigenvalue weighted by Gasteiger charge is 2.53. The number of amides is 1. The standard InChI is InChI=1S/C39H42ClNO4S/c1-26(35(42)28-13-7-4-8-14-28)41(2)38(43)32(31-19-20-34(46-3)33(40)24-31)23-27-21-22-39(25-27)44-36(29-15-9-5-10-16-29)37(45-39)30-17-11-6-12-18-30/h4-20,24,26-27,32,35-37,42H,21-23,25H2,1-3H3/t26-,27-,32-,35+,36-,37-/m1/s1. The van der Waals surface area contributed by atoms with E-state index in [4.69, 9.17) is 21.1 Å². The zero-order chi connectivity index (χ0) is 32.3. The van der Waals surface area contributed by atoms with Crippen LogP contribution in [0.15, 0.2) is 114 Å². The Morgan fingerprint density at radius 3 is 2.02 bits per heavy atom. The molecule has 1 saturated heterocycles. The Hall–Kier alpha value is -3.13. The summed E-state index contributed by atoms with van der Waals surface area (Å²) >= 11 is 8.27. The van der Waals surface area contributed by atoms with Crippen molar-refractivity contribution < 1.29 is 19.4 Å². The summed E-state index contributed by atoms with van der Waals surface area (Å²) in [7, 11) is 1.79. The molecule has 2 aliphatic rings. The second kappa shape index (κ2) is 14.3. The van der Waals surface area contributed by atoms with Crippen LogP contribution in [0.3, 0.4) is 0 Å². The largest absolute Gasteiger partial charge is 0.386 e. The predicted octanol–water partition coefficient (Wildman–Crippen LogP) is 9.14. The van der Waals surface area contributed by atoms with Gasteiger partial charge in [-0.3, -0.25) is 4.79 Å². The van der Waals surface area contributed by atoms with E-state index in [0.29, 0.717) is 17.9 Å². The van der Waals surface area contributed by atoms with Crippen LogP contribution >= 0.6 is 23.4 Å². The molecule has 1 saturated carbocycles. The Bertz CT molecular complexity index is 1560. The summed E-state index contributed by atoms with van der Waals surface area (Å²) in [5.74, 6) is -0.988. The maximum absolute atomic E-state index is 14.4. The van der Waals surface area contributed by atoms with Gasteiger partial charge >= 0.3 is 0 Å². The van der Waals surface area contributed by atoms with Gasteiger partial charge in [0.2, 0.25) is 5.91 Å². The van der Waals surface area contributed by atoms with Crippen molar-refractivity contribution >= 4 is 29.3 Å². The second-order valence-electron chi connectivity index (χ2n) is 12.6. The third kappa shape index (κ3) is 6.92. The molecule has 1 heterocycles. The summed E-state index contributed by atoms with van der Waals surface area (Å²) in [6.45, 7) is 1.90. The molecular formula is C39H42ClNO4S. The van der Waals surface area contributed by atoms with E-state index in [1.807, 2.05) is 98.1 Å². The summed E-state index contributed by atoms with van der Waals surface area (Å²) in [4.78, 5) is 17.0. The fourth-order valence-electron chi connectivity index (χ4n) is 7.07. The first kappa shape index (κ1) is 32.8. The van der Waals surface area contributed by atoms with Crippen molar-refractivity contribution in [3.05, 3.63) is 136 Å². The van der Waals surface area contributed by atoms with Crippen molar-refractivity contribution in [3.8, 4) is 0 Å². The third-order valence-corrected chi connectivity index (χ3v) is 11.0. The van der Waals surface area contributed by atoms with Gasteiger partial charge in [-0.25, -0.2) is 0 Å². The molecule has 1 aliphatic carbocycles. The number of hydrogen-bond donors (Lipinski definition) is 1. The van der Waals surface area contributed by atoms with E-state index >= 15 is 0 Å². The third-order valence-electron chi connectivity index (χ3n) is 9.75. The molecule has 240 valence electrons. The summed E-state index contributed by atoms with van der Waals surface area (Å²) in [5.41, 5.74) is 3.87. The Labute approximate surface area is 281 Å². The van der Waals surface area contributed by atoms with Gasteiger partial charge in [0.05, 0.1) is 23.1 Å². The van der Waals surface area contributed by atoms with E-state index < -0.39 is 23.9 Å². The lowest BCUT2D eigenvalue weighted by atomic mass is 9.86. The lowest BCUT2D eigenvalue weighted by molar-refractivity contribution is -0.173. The van der Waals surface area contributed by atoms with E-state index in [1.165, 1.54) is 0 Å². The van der Waals surface area contributed by atoms with E-state index in [0.717, 1.165) is 40.0 Å². The maximum atomic E-state index is 14.4. The molecule has 2 fully saturated rings. The number of thioether (sulfide) groups is 1. The smallest absolute Gasteiger partial charge is 0.230 e. The highest BCUT2D eigenvalue weighted by Crippen LogP contribution is 2.55. The van der Waals surface area contributed by atoms with Crippen LogP contribution in [-0.4, -0.2) is 41.0 Å². The molecule has 46 heavy (non-hydrogen) atoms. The Balaban J connectivity index is 1.25. The van der Waals surface area contributed by atoms with Crippen molar-refractivity contribution in [3.63, 3.8) is 0 Å². The zero-order valence-corrected chi connectivity index (χ0v) is 28.2. The maximum Gasteiger partial charge on any atom is 0.230 e. The zero-order valence-electron chi connectivity index (χ0n) is 26.6.